The number of carbonyl (C=O) groups excluding carboxylic acids is 1. The van der Waals surface area contributed by atoms with Gasteiger partial charge in [0.05, 0.1) is 5.57 Å². The Kier molecular flexibility index (Phi) is 10.2. The van der Waals surface area contributed by atoms with Gasteiger partial charge < -0.3 is 15.4 Å². The lowest BCUT2D eigenvalue weighted by molar-refractivity contribution is -0.113. The molecule has 47 heavy (non-hydrogen) atoms. The molecule has 1 aromatic heterocycles. The van der Waals surface area contributed by atoms with Crippen LogP contribution in [-0.4, -0.2) is 20.7 Å². The number of aromatic nitrogens is 3. The first-order valence-electron chi connectivity index (χ1n) is 14.6. The molecule has 0 aliphatic carbocycles. The van der Waals surface area contributed by atoms with Crippen LogP contribution in [0.5, 0.6) is 5.75 Å². The summed E-state index contributed by atoms with van der Waals surface area (Å²) in [6.45, 7) is 6.06. The van der Waals surface area contributed by atoms with Gasteiger partial charge in [-0.1, -0.05) is 98.9 Å². The summed E-state index contributed by atoms with van der Waals surface area (Å²) in [7, 11) is 0. The fourth-order valence-electron chi connectivity index (χ4n) is 5.27. The van der Waals surface area contributed by atoms with Gasteiger partial charge in [0.25, 0.3) is 5.91 Å². The van der Waals surface area contributed by atoms with Crippen LogP contribution in [0, 0.1) is 13.8 Å². The third-order valence-corrected chi connectivity index (χ3v) is 10.2. The minimum absolute atomic E-state index is 0.186. The Bertz CT molecular complexity index is 2030. The highest BCUT2D eigenvalue weighted by Crippen LogP contribution is 2.42. The van der Waals surface area contributed by atoms with Gasteiger partial charge in [0.1, 0.15) is 18.4 Å². The first-order valence-corrected chi connectivity index (χ1v) is 17.5. The summed E-state index contributed by atoms with van der Waals surface area (Å²) in [5.74, 6) is 1.37. The average Bonchev–Trinajstić information content (AvgIpc) is 3.44. The quantitative estimate of drug-likeness (QED) is 0.145. The fraction of sp³-hybridized carbons (Fsp3) is 0.171. The molecule has 0 saturated heterocycles. The number of carbonyl (C=O) groups is 1. The van der Waals surface area contributed by atoms with Crippen molar-refractivity contribution in [2.45, 2.75) is 44.3 Å². The first-order chi connectivity index (χ1) is 22.6. The molecule has 1 unspecified atom stereocenters. The van der Waals surface area contributed by atoms with E-state index in [1.807, 2.05) is 87.5 Å². The van der Waals surface area contributed by atoms with E-state index >= 15 is 0 Å². The van der Waals surface area contributed by atoms with Gasteiger partial charge in [-0.25, -0.2) is 4.68 Å². The molecule has 6 rings (SSSR count). The molecule has 0 radical (unpaired) electrons. The van der Waals surface area contributed by atoms with Crippen molar-refractivity contribution in [1.29, 1.82) is 0 Å². The summed E-state index contributed by atoms with van der Waals surface area (Å²) in [5.41, 5.74) is 6.38. The molecule has 0 spiro atoms. The van der Waals surface area contributed by atoms with Crippen molar-refractivity contribution in [3.05, 3.63) is 137 Å². The van der Waals surface area contributed by atoms with Gasteiger partial charge in [-0.15, -0.1) is 5.10 Å². The van der Waals surface area contributed by atoms with Crippen molar-refractivity contribution in [2.75, 3.05) is 10.6 Å². The minimum atomic E-state index is -0.688. The Labute approximate surface area is 300 Å². The van der Waals surface area contributed by atoms with E-state index < -0.39 is 6.04 Å². The van der Waals surface area contributed by atoms with Gasteiger partial charge >= 0.3 is 0 Å². The minimum Gasteiger partial charge on any atom is -0.488 e. The standard InChI is InChI=1S/C35H29BrCl3N5O2S/c1-19-7-6-10-29(20(19)2)41-33(45)31-21(3)40-34-42-35(47-18-23-8-4-5-9-27(23)38)43-44(34)32(31)26-15-24(36)12-14-30(26)46-17-22-11-13-25(37)16-28(22)39/h4-16,32H,17-18H2,1-3H3,(H,41,45)(H,40,42,43). The molecule has 1 aliphatic heterocycles. The first kappa shape index (κ1) is 33.4. The van der Waals surface area contributed by atoms with E-state index in [4.69, 9.17) is 49.6 Å². The predicted octanol–water partition coefficient (Wildman–Crippen LogP) is 10.4. The summed E-state index contributed by atoms with van der Waals surface area (Å²) in [5, 5.41) is 13.6. The normalized spacial score (nSPS) is 14.1. The van der Waals surface area contributed by atoms with Crippen molar-refractivity contribution in [2.24, 2.45) is 0 Å². The van der Waals surface area contributed by atoms with Crippen LogP contribution in [0.3, 0.4) is 0 Å². The molecule has 0 saturated carbocycles. The van der Waals surface area contributed by atoms with Gasteiger partial charge in [-0.2, -0.15) is 4.98 Å². The van der Waals surface area contributed by atoms with Gasteiger partial charge in [-0.3, -0.25) is 4.79 Å². The highest BCUT2D eigenvalue weighted by molar-refractivity contribution is 9.10. The van der Waals surface area contributed by atoms with Crippen molar-refractivity contribution >= 4 is 80.0 Å². The number of rotatable bonds is 9. The van der Waals surface area contributed by atoms with E-state index in [0.29, 0.717) is 54.5 Å². The maximum absolute atomic E-state index is 14.3. The van der Waals surface area contributed by atoms with E-state index in [-0.39, 0.29) is 12.5 Å². The highest BCUT2D eigenvalue weighted by atomic mass is 79.9. The molecule has 7 nitrogen and oxygen atoms in total. The van der Waals surface area contributed by atoms with Crippen molar-refractivity contribution in [1.82, 2.24) is 14.8 Å². The lowest BCUT2D eigenvalue weighted by Gasteiger charge is -2.30. The number of hydrogen-bond donors (Lipinski definition) is 2. The van der Waals surface area contributed by atoms with Crippen molar-refractivity contribution in [3.8, 4) is 5.75 Å². The smallest absolute Gasteiger partial charge is 0.255 e. The average molecular weight is 770 g/mol. The molecule has 12 heteroatoms. The van der Waals surface area contributed by atoms with Gasteiger partial charge in [-0.05, 0) is 79.9 Å². The van der Waals surface area contributed by atoms with E-state index in [9.17, 15) is 4.79 Å². The van der Waals surface area contributed by atoms with Crippen molar-refractivity contribution in [3.63, 3.8) is 0 Å². The summed E-state index contributed by atoms with van der Waals surface area (Å²) < 4.78 is 8.95. The third kappa shape index (κ3) is 7.34. The lowest BCUT2D eigenvalue weighted by atomic mass is 9.94. The Morgan fingerprint density at radius 2 is 1.79 bits per heavy atom. The van der Waals surface area contributed by atoms with Crippen LogP contribution in [0.25, 0.3) is 0 Å². The van der Waals surface area contributed by atoms with Crippen LogP contribution < -0.4 is 15.4 Å². The molecule has 5 aromatic rings. The van der Waals surface area contributed by atoms with Crippen molar-refractivity contribution < 1.29 is 9.53 Å². The molecule has 1 amide bonds. The number of benzene rings is 4. The van der Waals surface area contributed by atoms with E-state index in [0.717, 1.165) is 32.4 Å². The summed E-state index contributed by atoms with van der Waals surface area (Å²) >= 11 is 24.1. The number of fused-ring (bicyclic) bond motifs is 1. The summed E-state index contributed by atoms with van der Waals surface area (Å²) in [6, 6.07) is 23.8. The van der Waals surface area contributed by atoms with Gasteiger partial charge in [0.2, 0.25) is 11.1 Å². The number of nitrogens with zero attached hydrogens (tertiary/aromatic N) is 3. The van der Waals surface area contributed by atoms with Crippen LogP contribution in [0.2, 0.25) is 15.1 Å². The zero-order chi connectivity index (χ0) is 33.2. The third-order valence-electron chi connectivity index (χ3n) is 7.91. The monoisotopic (exact) mass is 767 g/mol. The molecule has 2 N–H and O–H groups in total. The Morgan fingerprint density at radius 1 is 0.979 bits per heavy atom. The number of amides is 1. The zero-order valence-electron chi connectivity index (χ0n) is 25.6. The molecule has 240 valence electrons. The highest BCUT2D eigenvalue weighted by Gasteiger charge is 2.36. The second kappa shape index (κ2) is 14.3. The maximum Gasteiger partial charge on any atom is 0.255 e. The van der Waals surface area contributed by atoms with Crippen LogP contribution >= 0.6 is 62.5 Å². The summed E-state index contributed by atoms with van der Waals surface area (Å²) in [4.78, 5) is 19.1. The molecular weight excluding hydrogens is 741 g/mol. The Morgan fingerprint density at radius 3 is 2.57 bits per heavy atom. The largest absolute Gasteiger partial charge is 0.488 e. The number of thioether (sulfide) groups is 1. The van der Waals surface area contributed by atoms with Crippen LogP contribution in [0.4, 0.5) is 11.6 Å². The van der Waals surface area contributed by atoms with E-state index in [1.54, 1.807) is 16.8 Å². The molecule has 4 aromatic carbocycles. The van der Waals surface area contributed by atoms with E-state index in [2.05, 4.69) is 26.6 Å². The van der Waals surface area contributed by atoms with Crippen LogP contribution in [0.1, 0.15) is 40.8 Å². The summed E-state index contributed by atoms with van der Waals surface area (Å²) in [6.07, 6.45) is 0. The second-order valence-corrected chi connectivity index (χ2v) is 14.1. The number of hydrogen-bond acceptors (Lipinski definition) is 6. The number of halogens is 4. The molecule has 0 fully saturated rings. The lowest BCUT2D eigenvalue weighted by Crippen LogP contribution is -2.32. The zero-order valence-corrected chi connectivity index (χ0v) is 30.2. The van der Waals surface area contributed by atoms with Crippen LogP contribution in [0.15, 0.2) is 99.8 Å². The SMILES string of the molecule is CC1=C(C(=O)Nc2cccc(C)c2C)C(c2cc(Br)ccc2OCc2ccc(Cl)cc2Cl)n2nc(SCc3ccccc3Cl)nc2N1. The second-order valence-electron chi connectivity index (χ2n) is 11.0. The molecule has 1 atom stereocenters. The van der Waals surface area contributed by atoms with Gasteiger partial charge in [0.15, 0.2) is 0 Å². The van der Waals surface area contributed by atoms with Crippen LogP contribution in [-0.2, 0) is 17.2 Å². The Hall–Kier alpha value is -3.47. The van der Waals surface area contributed by atoms with E-state index in [1.165, 1.54) is 11.8 Å². The molecule has 2 heterocycles. The topological polar surface area (TPSA) is 81.1 Å². The predicted molar refractivity (Wildman–Crippen MR) is 195 cm³/mol. The number of nitrogens with one attached hydrogen (secondary N) is 2. The number of allylic oxidation sites excluding steroid dienone is 1. The number of aryl methyl sites for hydroxylation is 1. The maximum atomic E-state index is 14.3. The molecular formula is C35H29BrCl3N5O2S. The molecule has 1 aliphatic rings. The molecule has 0 bridgehead atoms. The number of anilines is 2. The number of ether oxygens (including phenoxy) is 1. The fourth-order valence-corrected chi connectivity index (χ4v) is 7.22. The van der Waals surface area contributed by atoms with Gasteiger partial charge in [0, 0.05) is 47.8 Å². The Balaban J connectivity index is 1.41.